The summed E-state index contributed by atoms with van der Waals surface area (Å²) in [6, 6.07) is 8.39. The predicted molar refractivity (Wildman–Crippen MR) is 74.6 cm³/mol. The average molecular weight is 277 g/mol. The molecule has 2 rings (SSSR count). The van der Waals surface area contributed by atoms with Gasteiger partial charge in [-0.1, -0.05) is 17.7 Å². The molecule has 20 heavy (non-hydrogen) atoms. The van der Waals surface area contributed by atoms with Gasteiger partial charge in [-0.3, -0.25) is 0 Å². The number of nitrogens with two attached hydrogens (primary N) is 1. The Morgan fingerprint density at radius 2 is 1.70 bits per heavy atom. The standard InChI is InChI=1S/C14H13F2N3O/c1-8-2-4-9(5-3-8)18-14(20)19-13-11(17)7-6-10(15)12(13)16/h2-7H,17H2,1H3,(H2,18,19,20). The molecule has 0 spiro atoms. The number of aryl methyl sites for hydroxylation is 1. The molecular formula is C14H13F2N3O. The molecule has 0 radical (unpaired) electrons. The summed E-state index contributed by atoms with van der Waals surface area (Å²) in [4.78, 5) is 11.7. The van der Waals surface area contributed by atoms with E-state index >= 15 is 0 Å². The zero-order valence-corrected chi connectivity index (χ0v) is 10.7. The normalized spacial score (nSPS) is 10.2. The fourth-order valence-electron chi connectivity index (χ4n) is 1.61. The van der Waals surface area contributed by atoms with Gasteiger partial charge in [-0.05, 0) is 31.2 Å². The van der Waals surface area contributed by atoms with Crippen LogP contribution in [-0.2, 0) is 0 Å². The highest BCUT2D eigenvalue weighted by Crippen LogP contribution is 2.24. The summed E-state index contributed by atoms with van der Waals surface area (Å²) >= 11 is 0. The van der Waals surface area contributed by atoms with E-state index in [1.165, 1.54) is 6.07 Å². The van der Waals surface area contributed by atoms with Gasteiger partial charge in [0.15, 0.2) is 11.6 Å². The minimum Gasteiger partial charge on any atom is -0.397 e. The van der Waals surface area contributed by atoms with Gasteiger partial charge < -0.3 is 16.4 Å². The maximum Gasteiger partial charge on any atom is 0.323 e. The number of nitrogens with one attached hydrogen (secondary N) is 2. The van der Waals surface area contributed by atoms with Crippen LogP contribution in [0.5, 0.6) is 0 Å². The SMILES string of the molecule is Cc1ccc(NC(=O)Nc2c(N)ccc(F)c2F)cc1. The van der Waals surface area contributed by atoms with Crippen molar-refractivity contribution in [3.8, 4) is 0 Å². The van der Waals surface area contributed by atoms with Crippen LogP contribution in [0, 0.1) is 18.6 Å². The van der Waals surface area contributed by atoms with E-state index in [1.807, 2.05) is 19.1 Å². The quantitative estimate of drug-likeness (QED) is 0.735. The van der Waals surface area contributed by atoms with Crippen LogP contribution in [0.15, 0.2) is 36.4 Å². The molecule has 0 fully saturated rings. The third kappa shape index (κ3) is 3.03. The second kappa shape index (κ2) is 5.56. The summed E-state index contributed by atoms with van der Waals surface area (Å²) in [7, 11) is 0. The Hall–Kier alpha value is -2.63. The second-order valence-corrected chi connectivity index (χ2v) is 4.27. The number of halogens is 2. The number of carbonyl (C=O) groups excluding carboxylic acids is 1. The minimum atomic E-state index is -1.19. The summed E-state index contributed by atoms with van der Waals surface area (Å²) in [5.74, 6) is -2.27. The van der Waals surface area contributed by atoms with Crippen molar-refractivity contribution in [1.29, 1.82) is 0 Å². The maximum absolute atomic E-state index is 13.5. The van der Waals surface area contributed by atoms with E-state index in [0.717, 1.165) is 11.6 Å². The summed E-state index contributed by atoms with van der Waals surface area (Å²) < 4.78 is 26.6. The van der Waals surface area contributed by atoms with Gasteiger partial charge in [0, 0.05) is 5.69 Å². The topological polar surface area (TPSA) is 67.2 Å². The Bertz CT molecular complexity index is 642. The fraction of sp³-hybridized carbons (Fsp3) is 0.0714. The van der Waals surface area contributed by atoms with Crippen molar-refractivity contribution in [2.75, 3.05) is 16.4 Å². The molecule has 0 atom stereocenters. The number of carbonyl (C=O) groups is 1. The van der Waals surface area contributed by atoms with Gasteiger partial charge in [0.25, 0.3) is 0 Å². The molecule has 4 N–H and O–H groups in total. The highest BCUT2D eigenvalue weighted by Gasteiger charge is 2.14. The van der Waals surface area contributed by atoms with E-state index in [-0.39, 0.29) is 11.4 Å². The zero-order valence-electron chi connectivity index (χ0n) is 10.7. The molecule has 0 bridgehead atoms. The Labute approximate surface area is 114 Å². The van der Waals surface area contributed by atoms with E-state index in [0.29, 0.717) is 5.69 Å². The largest absolute Gasteiger partial charge is 0.397 e. The van der Waals surface area contributed by atoms with E-state index in [1.54, 1.807) is 12.1 Å². The van der Waals surface area contributed by atoms with Gasteiger partial charge in [-0.25, -0.2) is 13.6 Å². The van der Waals surface area contributed by atoms with Gasteiger partial charge in [0.1, 0.15) is 5.69 Å². The molecule has 0 aliphatic carbocycles. The van der Waals surface area contributed by atoms with E-state index in [2.05, 4.69) is 10.6 Å². The minimum absolute atomic E-state index is 0.0528. The zero-order chi connectivity index (χ0) is 14.7. The van der Waals surface area contributed by atoms with Crippen LogP contribution in [0.3, 0.4) is 0 Å². The third-order valence-corrected chi connectivity index (χ3v) is 2.68. The summed E-state index contributed by atoms with van der Waals surface area (Å²) in [5, 5.41) is 4.69. The Balaban J connectivity index is 2.12. The molecule has 0 saturated heterocycles. The summed E-state index contributed by atoms with van der Waals surface area (Å²) in [5.41, 5.74) is 6.64. The number of urea groups is 1. The smallest absolute Gasteiger partial charge is 0.323 e. The van der Waals surface area contributed by atoms with Crippen molar-refractivity contribution in [3.05, 3.63) is 53.6 Å². The summed E-state index contributed by atoms with van der Waals surface area (Å²) in [6.07, 6.45) is 0. The fourth-order valence-corrected chi connectivity index (χ4v) is 1.61. The Morgan fingerprint density at radius 1 is 1.05 bits per heavy atom. The average Bonchev–Trinajstić information content (AvgIpc) is 2.42. The molecule has 104 valence electrons. The van der Waals surface area contributed by atoms with Gasteiger partial charge >= 0.3 is 6.03 Å². The highest BCUT2D eigenvalue weighted by molar-refractivity contribution is 6.01. The van der Waals surface area contributed by atoms with E-state index in [9.17, 15) is 13.6 Å². The van der Waals surface area contributed by atoms with Crippen molar-refractivity contribution >= 4 is 23.1 Å². The van der Waals surface area contributed by atoms with Gasteiger partial charge in [0.2, 0.25) is 0 Å². The van der Waals surface area contributed by atoms with Crippen LogP contribution in [0.1, 0.15) is 5.56 Å². The second-order valence-electron chi connectivity index (χ2n) is 4.27. The molecule has 6 heteroatoms. The van der Waals surface area contributed by atoms with Gasteiger partial charge in [0.05, 0.1) is 5.69 Å². The molecule has 0 unspecified atom stereocenters. The lowest BCUT2D eigenvalue weighted by atomic mass is 10.2. The van der Waals surface area contributed by atoms with Crippen molar-refractivity contribution in [3.63, 3.8) is 0 Å². The molecule has 2 aromatic carbocycles. The van der Waals surface area contributed by atoms with Gasteiger partial charge in [-0.15, -0.1) is 0 Å². The molecule has 0 aromatic heterocycles. The van der Waals surface area contributed by atoms with Crippen molar-refractivity contribution < 1.29 is 13.6 Å². The highest BCUT2D eigenvalue weighted by atomic mass is 19.2. The monoisotopic (exact) mass is 277 g/mol. The van der Waals surface area contributed by atoms with Crippen molar-refractivity contribution in [2.45, 2.75) is 6.92 Å². The number of anilines is 3. The third-order valence-electron chi connectivity index (χ3n) is 2.68. The molecule has 0 saturated carbocycles. The van der Waals surface area contributed by atoms with Crippen molar-refractivity contribution in [1.82, 2.24) is 0 Å². The first-order valence-electron chi connectivity index (χ1n) is 5.85. The number of rotatable bonds is 2. The molecular weight excluding hydrogens is 264 g/mol. The van der Waals surface area contributed by atoms with Crippen LogP contribution < -0.4 is 16.4 Å². The molecule has 2 aromatic rings. The lowest BCUT2D eigenvalue weighted by Crippen LogP contribution is -2.21. The molecule has 2 amide bonds. The van der Waals surface area contributed by atoms with E-state index < -0.39 is 17.7 Å². The van der Waals surface area contributed by atoms with Crippen LogP contribution in [0.4, 0.5) is 30.6 Å². The molecule has 4 nitrogen and oxygen atoms in total. The number of hydrogen-bond acceptors (Lipinski definition) is 2. The number of nitrogen functional groups attached to an aromatic ring is 1. The van der Waals surface area contributed by atoms with Crippen LogP contribution >= 0.6 is 0 Å². The molecule has 0 aliphatic rings. The van der Waals surface area contributed by atoms with Gasteiger partial charge in [-0.2, -0.15) is 0 Å². The number of benzene rings is 2. The predicted octanol–water partition coefficient (Wildman–Crippen LogP) is 3.50. The van der Waals surface area contributed by atoms with E-state index in [4.69, 9.17) is 5.73 Å². The molecule has 0 heterocycles. The first-order chi connectivity index (χ1) is 9.47. The van der Waals surface area contributed by atoms with Crippen LogP contribution in [0.25, 0.3) is 0 Å². The first kappa shape index (κ1) is 13.8. The lowest BCUT2D eigenvalue weighted by molar-refractivity contribution is 0.262. The number of amides is 2. The van der Waals surface area contributed by atoms with Crippen LogP contribution in [-0.4, -0.2) is 6.03 Å². The first-order valence-corrected chi connectivity index (χ1v) is 5.85. The van der Waals surface area contributed by atoms with Crippen LogP contribution in [0.2, 0.25) is 0 Å². The van der Waals surface area contributed by atoms with Crippen molar-refractivity contribution in [2.24, 2.45) is 0 Å². The number of hydrogen-bond donors (Lipinski definition) is 3. The maximum atomic E-state index is 13.5. The summed E-state index contributed by atoms with van der Waals surface area (Å²) in [6.45, 7) is 1.91. The lowest BCUT2D eigenvalue weighted by Gasteiger charge is -2.11. The Kier molecular flexibility index (Phi) is 3.84. The Morgan fingerprint density at radius 3 is 2.35 bits per heavy atom. The molecule has 0 aliphatic heterocycles.